The smallest absolute Gasteiger partial charge is 0.131 e. The lowest BCUT2D eigenvalue weighted by Gasteiger charge is -2.28. The monoisotopic (exact) mass is 223 g/mol. The molecule has 3 N–H and O–H groups in total. The van der Waals surface area contributed by atoms with Crippen molar-refractivity contribution in [2.45, 2.75) is 6.04 Å². The number of anilines is 2. The van der Waals surface area contributed by atoms with Crippen molar-refractivity contribution < 1.29 is 4.74 Å². The fourth-order valence-corrected chi connectivity index (χ4v) is 1.41. The molecule has 88 valence electrons. The normalized spacial score (nSPS) is 15.6. The third kappa shape index (κ3) is 3.04. The molecule has 16 heavy (non-hydrogen) atoms. The SMILES string of the molecule is COCCNc1cc(NC2CNC2)ncn1. The summed E-state index contributed by atoms with van der Waals surface area (Å²) in [7, 11) is 1.68. The lowest BCUT2D eigenvalue weighted by Crippen LogP contribution is -2.51. The van der Waals surface area contributed by atoms with Crippen LogP contribution in [0.15, 0.2) is 12.4 Å². The van der Waals surface area contributed by atoms with E-state index in [0.717, 1.165) is 31.3 Å². The van der Waals surface area contributed by atoms with Crippen molar-refractivity contribution >= 4 is 11.6 Å². The number of hydrogen-bond acceptors (Lipinski definition) is 6. The highest BCUT2D eigenvalue weighted by atomic mass is 16.5. The zero-order valence-electron chi connectivity index (χ0n) is 9.36. The lowest BCUT2D eigenvalue weighted by molar-refractivity contribution is 0.210. The van der Waals surface area contributed by atoms with Gasteiger partial charge < -0.3 is 20.7 Å². The summed E-state index contributed by atoms with van der Waals surface area (Å²) in [6.45, 7) is 3.41. The Morgan fingerprint density at radius 2 is 2.25 bits per heavy atom. The zero-order valence-corrected chi connectivity index (χ0v) is 9.36. The minimum atomic E-state index is 0.488. The average Bonchev–Trinajstić information content (AvgIpc) is 2.25. The molecule has 0 radical (unpaired) electrons. The molecule has 2 rings (SSSR count). The van der Waals surface area contributed by atoms with E-state index >= 15 is 0 Å². The highest BCUT2D eigenvalue weighted by Gasteiger charge is 2.16. The van der Waals surface area contributed by atoms with Crippen molar-refractivity contribution in [1.82, 2.24) is 15.3 Å². The molecule has 1 aliphatic heterocycles. The number of hydrogen-bond donors (Lipinski definition) is 3. The molecule has 1 fully saturated rings. The molecule has 6 heteroatoms. The highest BCUT2D eigenvalue weighted by Crippen LogP contribution is 2.10. The fraction of sp³-hybridized carbons (Fsp3) is 0.600. The molecule has 0 aliphatic carbocycles. The van der Waals surface area contributed by atoms with E-state index in [1.165, 1.54) is 0 Å². The van der Waals surface area contributed by atoms with Gasteiger partial charge in [0.25, 0.3) is 0 Å². The van der Waals surface area contributed by atoms with E-state index in [1.807, 2.05) is 6.07 Å². The summed E-state index contributed by atoms with van der Waals surface area (Å²) in [5.41, 5.74) is 0. The Hall–Kier alpha value is -1.40. The minimum Gasteiger partial charge on any atom is -0.383 e. The second-order valence-corrected chi connectivity index (χ2v) is 3.71. The summed E-state index contributed by atoms with van der Waals surface area (Å²) in [5, 5.41) is 9.69. The van der Waals surface area contributed by atoms with Gasteiger partial charge in [0.15, 0.2) is 0 Å². The van der Waals surface area contributed by atoms with E-state index < -0.39 is 0 Å². The molecule has 0 saturated carbocycles. The van der Waals surface area contributed by atoms with Crippen LogP contribution in [0.5, 0.6) is 0 Å². The van der Waals surface area contributed by atoms with Crippen LogP contribution in [0.25, 0.3) is 0 Å². The van der Waals surface area contributed by atoms with Crippen LogP contribution in [-0.4, -0.2) is 49.4 Å². The highest BCUT2D eigenvalue weighted by molar-refractivity contribution is 5.47. The Balaban J connectivity index is 1.85. The van der Waals surface area contributed by atoms with Gasteiger partial charge in [-0.1, -0.05) is 0 Å². The molecule has 0 unspecified atom stereocenters. The van der Waals surface area contributed by atoms with Gasteiger partial charge in [-0.15, -0.1) is 0 Å². The molecule has 1 aromatic rings. The molecule has 1 saturated heterocycles. The average molecular weight is 223 g/mol. The van der Waals surface area contributed by atoms with Gasteiger partial charge in [-0.05, 0) is 0 Å². The Morgan fingerprint density at radius 3 is 2.94 bits per heavy atom. The van der Waals surface area contributed by atoms with Crippen LogP contribution < -0.4 is 16.0 Å². The van der Waals surface area contributed by atoms with E-state index in [2.05, 4.69) is 25.9 Å². The number of nitrogens with one attached hydrogen (secondary N) is 3. The fourth-order valence-electron chi connectivity index (χ4n) is 1.41. The van der Waals surface area contributed by atoms with Crippen LogP contribution in [0.4, 0.5) is 11.6 Å². The standard InChI is InChI=1S/C10H17N5O/c1-16-3-2-12-9-4-10(14-7-13-9)15-8-5-11-6-8/h4,7-8,11H,2-3,5-6H2,1H3,(H2,12,13,14,15). The minimum absolute atomic E-state index is 0.488. The maximum Gasteiger partial charge on any atom is 0.131 e. The zero-order chi connectivity index (χ0) is 11.2. The molecule has 0 spiro atoms. The van der Waals surface area contributed by atoms with Gasteiger partial charge in [0.05, 0.1) is 12.6 Å². The van der Waals surface area contributed by atoms with Gasteiger partial charge in [0.1, 0.15) is 18.0 Å². The molecular formula is C10H17N5O. The Bertz CT molecular complexity index is 329. The van der Waals surface area contributed by atoms with Crippen molar-refractivity contribution in [3.05, 3.63) is 12.4 Å². The molecule has 2 heterocycles. The Morgan fingerprint density at radius 1 is 1.44 bits per heavy atom. The van der Waals surface area contributed by atoms with Crippen LogP contribution in [-0.2, 0) is 4.74 Å². The van der Waals surface area contributed by atoms with E-state index in [-0.39, 0.29) is 0 Å². The van der Waals surface area contributed by atoms with E-state index in [4.69, 9.17) is 4.74 Å². The third-order valence-electron chi connectivity index (χ3n) is 2.41. The van der Waals surface area contributed by atoms with Crippen LogP contribution in [0.2, 0.25) is 0 Å². The van der Waals surface area contributed by atoms with Crippen LogP contribution in [0.3, 0.4) is 0 Å². The van der Waals surface area contributed by atoms with E-state index in [9.17, 15) is 0 Å². The van der Waals surface area contributed by atoms with Crippen molar-refractivity contribution in [1.29, 1.82) is 0 Å². The predicted octanol–water partition coefficient (Wildman–Crippen LogP) is -0.0814. The first-order valence-corrected chi connectivity index (χ1v) is 5.40. The largest absolute Gasteiger partial charge is 0.383 e. The third-order valence-corrected chi connectivity index (χ3v) is 2.41. The first-order valence-electron chi connectivity index (χ1n) is 5.40. The van der Waals surface area contributed by atoms with Gasteiger partial charge in [-0.3, -0.25) is 0 Å². The predicted molar refractivity (Wildman–Crippen MR) is 62.7 cm³/mol. The Kier molecular flexibility index (Phi) is 3.90. The maximum atomic E-state index is 4.96. The number of rotatable bonds is 6. The second kappa shape index (κ2) is 5.62. The van der Waals surface area contributed by atoms with Crippen molar-refractivity contribution in [3.8, 4) is 0 Å². The van der Waals surface area contributed by atoms with Crippen molar-refractivity contribution in [2.24, 2.45) is 0 Å². The topological polar surface area (TPSA) is 71.1 Å². The molecule has 1 aromatic heterocycles. The summed E-state index contributed by atoms with van der Waals surface area (Å²) >= 11 is 0. The Labute approximate surface area is 94.8 Å². The van der Waals surface area contributed by atoms with Crippen molar-refractivity contribution in [3.63, 3.8) is 0 Å². The summed E-state index contributed by atoms with van der Waals surface area (Å²) in [4.78, 5) is 8.30. The van der Waals surface area contributed by atoms with Gasteiger partial charge in [-0.25, -0.2) is 9.97 Å². The number of ether oxygens (including phenoxy) is 1. The number of nitrogens with zero attached hydrogens (tertiary/aromatic N) is 2. The summed E-state index contributed by atoms with van der Waals surface area (Å²) < 4.78 is 4.96. The molecule has 0 aromatic carbocycles. The maximum absolute atomic E-state index is 4.96. The second-order valence-electron chi connectivity index (χ2n) is 3.71. The molecule has 6 nitrogen and oxygen atoms in total. The summed E-state index contributed by atoms with van der Waals surface area (Å²) in [6, 6.07) is 2.40. The van der Waals surface area contributed by atoms with Gasteiger partial charge in [0, 0.05) is 32.8 Å². The van der Waals surface area contributed by atoms with Crippen molar-refractivity contribution in [2.75, 3.05) is 44.0 Å². The quantitative estimate of drug-likeness (QED) is 0.586. The van der Waals surface area contributed by atoms with Crippen LogP contribution >= 0.6 is 0 Å². The van der Waals surface area contributed by atoms with Crippen LogP contribution in [0.1, 0.15) is 0 Å². The molecule has 0 atom stereocenters. The summed E-state index contributed by atoms with van der Waals surface area (Å²) in [5.74, 6) is 1.68. The number of methoxy groups -OCH3 is 1. The molecular weight excluding hydrogens is 206 g/mol. The van der Waals surface area contributed by atoms with Gasteiger partial charge in [-0.2, -0.15) is 0 Å². The van der Waals surface area contributed by atoms with Crippen LogP contribution in [0, 0.1) is 0 Å². The van der Waals surface area contributed by atoms with E-state index in [0.29, 0.717) is 12.6 Å². The molecule has 0 amide bonds. The van der Waals surface area contributed by atoms with E-state index in [1.54, 1.807) is 13.4 Å². The number of aromatic nitrogens is 2. The summed E-state index contributed by atoms with van der Waals surface area (Å²) in [6.07, 6.45) is 1.56. The van der Waals surface area contributed by atoms with Gasteiger partial charge >= 0.3 is 0 Å². The molecule has 0 bridgehead atoms. The van der Waals surface area contributed by atoms with Gasteiger partial charge in [0.2, 0.25) is 0 Å². The first kappa shape index (κ1) is 11.1. The molecule has 1 aliphatic rings. The lowest BCUT2D eigenvalue weighted by atomic mass is 10.2. The first-order chi connectivity index (χ1) is 7.88.